The molecule has 1 aromatic rings. The van der Waals surface area contributed by atoms with Gasteiger partial charge in [0.2, 0.25) is 5.91 Å². The van der Waals surface area contributed by atoms with Gasteiger partial charge in [0.25, 0.3) is 0 Å². The minimum absolute atomic E-state index is 0.0408. The second-order valence-electron chi connectivity index (χ2n) is 5.28. The third kappa shape index (κ3) is 4.78. The zero-order valence-corrected chi connectivity index (χ0v) is 12.6. The summed E-state index contributed by atoms with van der Waals surface area (Å²) in [6, 6.07) is 7.66. The lowest BCUT2D eigenvalue weighted by atomic mass is 10.3. The molecule has 1 saturated heterocycles. The Balaban J connectivity index is 1.67. The minimum atomic E-state index is -0.0408. The summed E-state index contributed by atoms with van der Waals surface area (Å²) in [5, 5.41) is 6.66. The van der Waals surface area contributed by atoms with Crippen LogP contribution in [0.5, 0.6) is 0 Å². The van der Waals surface area contributed by atoms with Crippen molar-refractivity contribution in [3.05, 3.63) is 29.3 Å². The molecule has 1 aliphatic heterocycles. The number of hydrogen-bond acceptors (Lipinski definition) is 3. The highest BCUT2D eigenvalue weighted by Gasteiger charge is 2.17. The lowest BCUT2D eigenvalue weighted by Gasteiger charge is -2.23. The Morgan fingerprint density at radius 2 is 2.15 bits per heavy atom. The second-order valence-corrected chi connectivity index (χ2v) is 5.72. The van der Waals surface area contributed by atoms with Gasteiger partial charge in [0.1, 0.15) is 0 Å². The summed E-state index contributed by atoms with van der Waals surface area (Å²) in [5.41, 5.74) is 0.733. The second kappa shape index (κ2) is 7.62. The summed E-state index contributed by atoms with van der Waals surface area (Å²) >= 11 is 5.87. The number of amides is 1. The van der Waals surface area contributed by atoms with Gasteiger partial charge < -0.3 is 10.6 Å². The van der Waals surface area contributed by atoms with Crippen LogP contribution in [-0.2, 0) is 4.79 Å². The predicted molar refractivity (Wildman–Crippen MR) is 83.2 cm³/mol. The van der Waals surface area contributed by atoms with Gasteiger partial charge in [-0.3, -0.25) is 9.69 Å². The SMILES string of the molecule is CC(CNCC(=O)Nc1cccc(Cl)c1)N1CCCC1. The van der Waals surface area contributed by atoms with Crippen molar-refractivity contribution >= 4 is 23.2 Å². The number of anilines is 1. The maximum Gasteiger partial charge on any atom is 0.238 e. The predicted octanol–water partition coefficient (Wildman–Crippen LogP) is 2.35. The molecule has 1 aliphatic rings. The fourth-order valence-corrected chi connectivity index (χ4v) is 2.67. The highest BCUT2D eigenvalue weighted by atomic mass is 35.5. The first-order valence-corrected chi connectivity index (χ1v) is 7.53. The first kappa shape index (κ1) is 15.3. The first-order valence-electron chi connectivity index (χ1n) is 7.15. The number of hydrogen-bond donors (Lipinski definition) is 2. The molecule has 0 aliphatic carbocycles. The third-order valence-electron chi connectivity index (χ3n) is 3.60. The molecular weight excluding hydrogens is 274 g/mol. The average Bonchev–Trinajstić information content (AvgIpc) is 2.92. The molecule has 1 heterocycles. The summed E-state index contributed by atoms with van der Waals surface area (Å²) in [4.78, 5) is 14.3. The molecule has 110 valence electrons. The number of benzene rings is 1. The molecule has 1 aromatic carbocycles. The van der Waals surface area contributed by atoms with E-state index < -0.39 is 0 Å². The van der Waals surface area contributed by atoms with Crippen LogP contribution < -0.4 is 10.6 Å². The van der Waals surface area contributed by atoms with Crippen molar-refractivity contribution < 1.29 is 4.79 Å². The van der Waals surface area contributed by atoms with E-state index in [2.05, 4.69) is 22.5 Å². The Labute approximate surface area is 125 Å². The molecule has 2 rings (SSSR count). The number of halogens is 1. The minimum Gasteiger partial charge on any atom is -0.325 e. The molecular formula is C15H22ClN3O. The van der Waals surface area contributed by atoms with Crippen LogP contribution in [0.1, 0.15) is 19.8 Å². The van der Waals surface area contributed by atoms with E-state index in [0.29, 0.717) is 17.6 Å². The zero-order chi connectivity index (χ0) is 14.4. The molecule has 1 unspecified atom stereocenters. The Kier molecular flexibility index (Phi) is 5.83. The zero-order valence-electron chi connectivity index (χ0n) is 11.9. The molecule has 0 radical (unpaired) electrons. The summed E-state index contributed by atoms with van der Waals surface area (Å²) in [5.74, 6) is -0.0408. The maximum atomic E-state index is 11.8. The topological polar surface area (TPSA) is 44.4 Å². The van der Waals surface area contributed by atoms with E-state index in [4.69, 9.17) is 11.6 Å². The Morgan fingerprint density at radius 1 is 1.40 bits per heavy atom. The van der Waals surface area contributed by atoms with E-state index >= 15 is 0 Å². The van der Waals surface area contributed by atoms with E-state index in [1.54, 1.807) is 12.1 Å². The van der Waals surface area contributed by atoms with Gasteiger partial charge in [0.05, 0.1) is 6.54 Å². The Hall–Kier alpha value is -1.10. The summed E-state index contributed by atoms with van der Waals surface area (Å²) in [6.45, 7) is 5.72. The molecule has 20 heavy (non-hydrogen) atoms. The van der Waals surface area contributed by atoms with Gasteiger partial charge in [-0.05, 0) is 51.1 Å². The van der Waals surface area contributed by atoms with E-state index in [1.165, 1.54) is 25.9 Å². The normalized spacial score (nSPS) is 17.1. The van der Waals surface area contributed by atoms with Crippen LogP contribution in [0.3, 0.4) is 0 Å². The average molecular weight is 296 g/mol. The molecule has 0 aromatic heterocycles. The first-order chi connectivity index (χ1) is 9.65. The molecule has 0 spiro atoms. The number of carbonyl (C=O) groups is 1. The summed E-state index contributed by atoms with van der Waals surface area (Å²) in [7, 11) is 0. The number of likely N-dealkylation sites (tertiary alicyclic amines) is 1. The van der Waals surface area contributed by atoms with Gasteiger partial charge in [0, 0.05) is 23.3 Å². The van der Waals surface area contributed by atoms with E-state index in [-0.39, 0.29) is 5.91 Å². The maximum absolute atomic E-state index is 11.8. The van der Waals surface area contributed by atoms with Crippen molar-refractivity contribution in [2.24, 2.45) is 0 Å². The van der Waals surface area contributed by atoms with Crippen LogP contribution in [0.4, 0.5) is 5.69 Å². The Bertz CT molecular complexity index is 446. The molecule has 0 saturated carbocycles. The molecule has 5 heteroatoms. The summed E-state index contributed by atoms with van der Waals surface area (Å²) in [6.07, 6.45) is 2.58. The van der Waals surface area contributed by atoms with Gasteiger partial charge in [-0.25, -0.2) is 0 Å². The van der Waals surface area contributed by atoms with Gasteiger partial charge in [-0.1, -0.05) is 17.7 Å². The molecule has 1 amide bonds. The van der Waals surface area contributed by atoms with Crippen LogP contribution in [0.2, 0.25) is 5.02 Å². The fourth-order valence-electron chi connectivity index (χ4n) is 2.48. The van der Waals surface area contributed by atoms with E-state index in [1.807, 2.05) is 12.1 Å². The van der Waals surface area contributed by atoms with Gasteiger partial charge in [-0.2, -0.15) is 0 Å². The molecule has 4 nitrogen and oxygen atoms in total. The standard InChI is InChI=1S/C15H22ClN3O/c1-12(19-7-2-3-8-19)10-17-11-15(20)18-14-6-4-5-13(16)9-14/h4-6,9,12,17H,2-3,7-8,10-11H2,1H3,(H,18,20). The Morgan fingerprint density at radius 3 is 2.85 bits per heavy atom. The van der Waals surface area contributed by atoms with Gasteiger partial charge in [-0.15, -0.1) is 0 Å². The van der Waals surface area contributed by atoms with Crippen molar-refractivity contribution in [1.82, 2.24) is 10.2 Å². The van der Waals surface area contributed by atoms with Crippen molar-refractivity contribution in [1.29, 1.82) is 0 Å². The van der Waals surface area contributed by atoms with Crippen LogP contribution in [-0.4, -0.2) is 43.0 Å². The van der Waals surface area contributed by atoms with Crippen molar-refractivity contribution in [3.63, 3.8) is 0 Å². The largest absolute Gasteiger partial charge is 0.325 e. The summed E-state index contributed by atoms with van der Waals surface area (Å²) < 4.78 is 0. The molecule has 1 fully saturated rings. The molecule has 0 bridgehead atoms. The fraction of sp³-hybridized carbons (Fsp3) is 0.533. The van der Waals surface area contributed by atoms with Crippen molar-refractivity contribution in [2.45, 2.75) is 25.8 Å². The van der Waals surface area contributed by atoms with Crippen LogP contribution in [0.15, 0.2) is 24.3 Å². The van der Waals surface area contributed by atoms with Gasteiger partial charge in [0.15, 0.2) is 0 Å². The number of carbonyl (C=O) groups excluding carboxylic acids is 1. The highest BCUT2D eigenvalue weighted by molar-refractivity contribution is 6.30. The molecule has 1 atom stereocenters. The van der Waals surface area contributed by atoms with E-state index in [0.717, 1.165) is 12.2 Å². The quantitative estimate of drug-likeness (QED) is 0.847. The number of nitrogens with zero attached hydrogens (tertiary/aromatic N) is 1. The van der Waals surface area contributed by atoms with Crippen molar-refractivity contribution in [2.75, 3.05) is 31.5 Å². The van der Waals surface area contributed by atoms with Crippen LogP contribution in [0.25, 0.3) is 0 Å². The van der Waals surface area contributed by atoms with Crippen LogP contribution in [0, 0.1) is 0 Å². The highest BCUT2D eigenvalue weighted by Crippen LogP contribution is 2.14. The monoisotopic (exact) mass is 295 g/mol. The van der Waals surface area contributed by atoms with Crippen molar-refractivity contribution in [3.8, 4) is 0 Å². The number of rotatable bonds is 6. The lowest BCUT2D eigenvalue weighted by molar-refractivity contribution is -0.115. The molecule has 2 N–H and O–H groups in total. The number of nitrogens with one attached hydrogen (secondary N) is 2. The lowest BCUT2D eigenvalue weighted by Crippen LogP contribution is -2.40. The third-order valence-corrected chi connectivity index (χ3v) is 3.83. The van der Waals surface area contributed by atoms with Crippen LogP contribution >= 0.6 is 11.6 Å². The van der Waals surface area contributed by atoms with Gasteiger partial charge >= 0.3 is 0 Å². The van der Waals surface area contributed by atoms with E-state index in [9.17, 15) is 4.79 Å². The smallest absolute Gasteiger partial charge is 0.238 e.